The van der Waals surface area contributed by atoms with Gasteiger partial charge in [0.2, 0.25) is 0 Å². The van der Waals surface area contributed by atoms with Crippen LogP contribution in [-0.2, 0) is 0 Å². The van der Waals surface area contributed by atoms with Crippen LogP contribution in [0.15, 0.2) is 28.7 Å². The molecule has 3 heteroatoms. The molecule has 2 atom stereocenters. The Balaban J connectivity index is 2.04. The van der Waals surface area contributed by atoms with Gasteiger partial charge in [0.1, 0.15) is 0 Å². The minimum atomic E-state index is 0.0382. The Bertz CT molecular complexity index is 405. The Morgan fingerprint density at radius 3 is 2.71 bits per heavy atom. The largest absolute Gasteiger partial charge is 0.349 e. The first-order valence-electron chi connectivity index (χ1n) is 6.24. The predicted molar refractivity (Wildman–Crippen MR) is 73.0 cm³/mol. The lowest BCUT2D eigenvalue weighted by Crippen LogP contribution is -2.41. The van der Waals surface area contributed by atoms with Crippen molar-refractivity contribution in [2.45, 2.75) is 38.6 Å². The Labute approximate surface area is 111 Å². The fourth-order valence-electron chi connectivity index (χ4n) is 2.42. The van der Waals surface area contributed by atoms with Gasteiger partial charge in [0.05, 0.1) is 5.56 Å². The van der Waals surface area contributed by atoms with Crippen LogP contribution in [0.2, 0.25) is 0 Å². The Hall–Kier alpha value is -0.830. The van der Waals surface area contributed by atoms with E-state index in [-0.39, 0.29) is 5.91 Å². The van der Waals surface area contributed by atoms with E-state index >= 15 is 0 Å². The van der Waals surface area contributed by atoms with Gasteiger partial charge in [0.15, 0.2) is 0 Å². The van der Waals surface area contributed by atoms with Crippen LogP contribution in [0.1, 0.15) is 43.0 Å². The summed E-state index contributed by atoms with van der Waals surface area (Å²) >= 11 is 3.42. The van der Waals surface area contributed by atoms with Crippen molar-refractivity contribution in [1.29, 1.82) is 0 Å². The highest BCUT2D eigenvalue weighted by atomic mass is 79.9. The molecule has 0 heterocycles. The number of benzene rings is 1. The van der Waals surface area contributed by atoms with Crippen LogP contribution in [0.5, 0.6) is 0 Å². The van der Waals surface area contributed by atoms with Gasteiger partial charge in [-0.1, -0.05) is 31.9 Å². The summed E-state index contributed by atoms with van der Waals surface area (Å²) in [6.45, 7) is 2.23. The van der Waals surface area contributed by atoms with Crippen LogP contribution in [-0.4, -0.2) is 11.9 Å². The zero-order valence-corrected chi connectivity index (χ0v) is 11.7. The fourth-order valence-corrected chi connectivity index (χ4v) is 2.89. The van der Waals surface area contributed by atoms with Gasteiger partial charge in [0.25, 0.3) is 5.91 Å². The Morgan fingerprint density at radius 2 is 2.00 bits per heavy atom. The molecule has 1 aliphatic carbocycles. The van der Waals surface area contributed by atoms with Crippen molar-refractivity contribution >= 4 is 21.8 Å². The maximum atomic E-state index is 12.1. The van der Waals surface area contributed by atoms with Gasteiger partial charge < -0.3 is 5.32 Å². The van der Waals surface area contributed by atoms with Gasteiger partial charge in [-0.15, -0.1) is 0 Å². The summed E-state index contributed by atoms with van der Waals surface area (Å²) < 4.78 is 0.862. The summed E-state index contributed by atoms with van der Waals surface area (Å²) in [6.07, 6.45) is 4.85. The zero-order valence-electron chi connectivity index (χ0n) is 10.1. The predicted octanol–water partition coefficient (Wildman–Crippen LogP) is 3.76. The number of carbonyl (C=O) groups excluding carboxylic acids is 1. The highest BCUT2D eigenvalue weighted by Crippen LogP contribution is 2.24. The summed E-state index contributed by atoms with van der Waals surface area (Å²) in [7, 11) is 0. The standard InChI is InChI=1S/C14H18BrNO/c1-10-6-2-5-9-13(10)16-14(17)11-7-3-4-8-12(11)15/h3-4,7-8,10,13H,2,5-6,9H2,1H3,(H,16,17)/t10-,13+/m0/s1. The second-order valence-electron chi connectivity index (χ2n) is 4.82. The highest BCUT2D eigenvalue weighted by Gasteiger charge is 2.23. The van der Waals surface area contributed by atoms with Crippen molar-refractivity contribution < 1.29 is 4.79 Å². The summed E-state index contributed by atoms with van der Waals surface area (Å²) in [5.41, 5.74) is 0.727. The van der Waals surface area contributed by atoms with Crippen molar-refractivity contribution in [1.82, 2.24) is 5.32 Å². The molecular weight excluding hydrogens is 278 g/mol. The van der Waals surface area contributed by atoms with E-state index < -0.39 is 0 Å². The molecular formula is C14H18BrNO. The van der Waals surface area contributed by atoms with Crippen molar-refractivity contribution in [2.75, 3.05) is 0 Å². The molecule has 92 valence electrons. The van der Waals surface area contributed by atoms with E-state index in [4.69, 9.17) is 0 Å². The maximum Gasteiger partial charge on any atom is 0.252 e. The van der Waals surface area contributed by atoms with E-state index in [9.17, 15) is 4.79 Å². The summed E-state index contributed by atoms with van der Waals surface area (Å²) in [5.74, 6) is 0.631. The molecule has 0 unspecified atom stereocenters. The molecule has 0 aromatic heterocycles. The van der Waals surface area contributed by atoms with Gasteiger partial charge in [-0.3, -0.25) is 4.79 Å². The quantitative estimate of drug-likeness (QED) is 0.884. The molecule has 1 amide bonds. The molecule has 0 saturated heterocycles. The molecule has 0 radical (unpaired) electrons. The molecule has 1 fully saturated rings. The summed E-state index contributed by atoms with van der Waals surface area (Å²) in [4.78, 5) is 12.1. The SMILES string of the molecule is C[C@H]1CCCC[C@H]1NC(=O)c1ccccc1Br. The fraction of sp³-hybridized carbons (Fsp3) is 0.500. The van der Waals surface area contributed by atoms with Crippen molar-refractivity contribution in [2.24, 2.45) is 5.92 Å². The Morgan fingerprint density at radius 1 is 1.29 bits per heavy atom. The molecule has 17 heavy (non-hydrogen) atoms. The second kappa shape index (κ2) is 5.67. The number of hydrogen-bond donors (Lipinski definition) is 1. The monoisotopic (exact) mass is 295 g/mol. The van der Waals surface area contributed by atoms with Gasteiger partial charge in [-0.25, -0.2) is 0 Å². The lowest BCUT2D eigenvalue weighted by molar-refractivity contribution is 0.0909. The normalized spacial score (nSPS) is 24.4. The second-order valence-corrected chi connectivity index (χ2v) is 5.68. The van der Waals surface area contributed by atoms with Gasteiger partial charge in [0, 0.05) is 10.5 Å². The third kappa shape index (κ3) is 3.09. The summed E-state index contributed by atoms with van der Waals surface area (Å²) in [6, 6.07) is 7.91. The topological polar surface area (TPSA) is 29.1 Å². The first-order valence-corrected chi connectivity index (χ1v) is 7.03. The number of halogens is 1. The van der Waals surface area contributed by atoms with Gasteiger partial charge in [-0.05, 0) is 46.8 Å². The molecule has 0 aliphatic heterocycles. The van der Waals surface area contributed by atoms with Crippen LogP contribution >= 0.6 is 15.9 Å². The van der Waals surface area contributed by atoms with Crippen LogP contribution < -0.4 is 5.32 Å². The molecule has 2 nitrogen and oxygen atoms in total. The van der Waals surface area contributed by atoms with Crippen LogP contribution in [0, 0.1) is 5.92 Å². The minimum absolute atomic E-state index is 0.0382. The van der Waals surface area contributed by atoms with Gasteiger partial charge in [-0.2, -0.15) is 0 Å². The molecule has 0 spiro atoms. The maximum absolute atomic E-state index is 12.1. The molecule has 1 aliphatic rings. The smallest absolute Gasteiger partial charge is 0.252 e. The van der Waals surface area contributed by atoms with Crippen molar-refractivity contribution in [3.8, 4) is 0 Å². The van der Waals surface area contributed by atoms with Crippen LogP contribution in [0.25, 0.3) is 0 Å². The summed E-state index contributed by atoms with van der Waals surface area (Å²) in [5, 5.41) is 3.16. The molecule has 2 rings (SSSR count). The zero-order chi connectivity index (χ0) is 12.3. The average Bonchev–Trinajstić information content (AvgIpc) is 2.32. The van der Waals surface area contributed by atoms with Crippen molar-refractivity contribution in [3.63, 3.8) is 0 Å². The third-order valence-corrected chi connectivity index (χ3v) is 4.24. The van der Waals surface area contributed by atoms with Crippen LogP contribution in [0.3, 0.4) is 0 Å². The lowest BCUT2D eigenvalue weighted by Gasteiger charge is -2.29. The number of nitrogens with one attached hydrogen (secondary N) is 1. The van der Waals surface area contributed by atoms with E-state index in [0.29, 0.717) is 12.0 Å². The third-order valence-electron chi connectivity index (χ3n) is 3.55. The molecule has 1 aromatic carbocycles. The van der Waals surface area contributed by atoms with E-state index in [1.54, 1.807) is 0 Å². The van der Waals surface area contributed by atoms with Gasteiger partial charge >= 0.3 is 0 Å². The first kappa shape index (κ1) is 12.6. The average molecular weight is 296 g/mol. The number of hydrogen-bond acceptors (Lipinski definition) is 1. The number of rotatable bonds is 2. The van der Waals surface area contributed by atoms with Crippen molar-refractivity contribution in [3.05, 3.63) is 34.3 Å². The number of carbonyl (C=O) groups is 1. The van der Waals surface area contributed by atoms with E-state index in [2.05, 4.69) is 28.2 Å². The Kier molecular flexibility index (Phi) is 4.21. The lowest BCUT2D eigenvalue weighted by atomic mass is 9.86. The van der Waals surface area contributed by atoms with E-state index in [1.807, 2.05) is 24.3 Å². The molecule has 1 aromatic rings. The molecule has 0 bridgehead atoms. The number of amides is 1. The highest BCUT2D eigenvalue weighted by molar-refractivity contribution is 9.10. The first-order chi connectivity index (χ1) is 8.18. The molecule has 1 saturated carbocycles. The van der Waals surface area contributed by atoms with Crippen LogP contribution in [0.4, 0.5) is 0 Å². The van der Waals surface area contributed by atoms with E-state index in [0.717, 1.165) is 16.5 Å². The minimum Gasteiger partial charge on any atom is -0.349 e. The molecule has 1 N–H and O–H groups in total. The van der Waals surface area contributed by atoms with E-state index in [1.165, 1.54) is 19.3 Å².